The Morgan fingerprint density at radius 2 is 1.23 bits per heavy atom. The van der Waals surface area contributed by atoms with Gasteiger partial charge < -0.3 is 9.47 Å². The van der Waals surface area contributed by atoms with Gasteiger partial charge in [0.2, 0.25) is 0 Å². The molecule has 2 aliphatic rings. The minimum Gasteiger partial charge on any atom is -0.496 e. The van der Waals surface area contributed by atoms with Gasteiger partial charge >= 0.3 is 0 Å². The Labute approximate surface area is 298 Å². The van der Waals surface area contributed by atoms with Crippen molar-refractivity contribution in [1.82, 2.24) is 9.97 Å². The maximum atomic E-state index is 6.08. The second-order valence-electron chi connectivity index (χ2n) is 13.0. The van der Waals surface area contributed by atoms with Gasteiger partial charge in [0.1, 0.15) is 16.8 Å². The second-order valence-corrected chi connectivity index (χ2v) is 16.1. The van der Waals surface area contributed by atoms with Crippen LogP contribution in [0.3, 0.4) is 0 Å². The fourth-order valence-corrected chi connectivity index (χ4v) is 12.4. The zero-order chi connectivity index (χ0) is 31.7. The first-order valence-electron chi connectivity index (χ1n) is 17.5. The molecule has 251 valence electrons. The topological polar surface area (TPSA) is 44.2 Å². The molecule has 0 atom stereocenters. The van der Waals surface area contributed by atoms with Crippen LogP contribution in [0.4, 0.5) is 0 Å². The summed E-state index contributed by atoms with van der Waals surface area (Å²) in [5.41, 5.74) is 7.64. The summed E-state index contributed by atoms with van der Waals surface area (Å²) in [6.45, 7) is 2.24. The molecule has 47 heavy (non-hydrogen) atoms. The molecule has 6 heteroatoms. The average molecular weight is 831 g/mol. The Kier molecular flexibility index (Phi) is 13.3. The molecule has 4 nitrogen and oxygen atoms in total. The van der Waals surface area contributed by atoms with E-state index in [4.69, 9.17) is 9.47 Å². The van der Waals surface area contributed by atoms with Gasteiger partial charge in [0.05, 0.1) is 42.1 Å². The van der Waals surface area contributed by atoms with E-state index in [2.05, 4.69) is 77.6 Å². The van der Waals surface area contributed by atoms with Crippen LogP contribution in [0.1, 0.15) is 83.1 Å². The zero-order valence-electron chi connectivity index (χ0n) is 28.2. The maximum Gasteiger partial charge on any atom is 0.133 e. The standard InChI is InChI=1S/C29H41O2P.C12H8N2.Au/c1-4-13-22-20-21-26(30-2)28(29(22)31-3)25-18-11-12-19-27(25)32(23-14-7-5-8-15-23)24-16-9-6-10-17-24;1-3-9-5-6-10-4-2-8-14-12(10)11(9)13-7-1;/h11-12,18-21,23-24H,4-10,13-17H2,1-3H3;1-8H;/p+1. The number of aryl methyl sites for hydroxylation is 1. The van der Waals surface area contributed by atoms with E-state index in [-0.39, 0.29) is 22.4 Å². The number of fused-ring (bicyclic) bond motifs is 3. The molecule has 0 unspecified atom stereocenters. The number of pyridine rings is 2. The van der Waals surface area contributed by atoms with Crippen LogP contribution in [0.2, 0.25) is 0 Å². The third kappa shape index (κ3) is 8.11. The summed E-state index contributed by atoms with van der Waals surface area (Å²) in [7, 11) is 2.94. The van der Waals surface area contributed by atoms with E-state index in [1.54, 1.807) is 24.8 Å². The van der Waals surface area contributed by atoms with Crippen LogP contribution in [0.25, 0.3) is 32.9 Å². The monoisotopic (exact) mass is 830 g/mol. The van der Waals surface area contributed by atoms with Crippen molar-refractivity contribution in [3.63, 3.8) is 0 Å². The van der Waals surface area contributed by atoms with Gasteiger partial charge in [-0.15, -0.1) is 0 Å². The van der Waals surface area contributed by atoms with Crippen molar-refractivity contribution in [2.24, 2.45) is 0 Å². The van der Waals surface area contributed by atoms with Gasteiger partial charge in [-0.2, -0.15) is 0 Å². The van der Waals surface area contributed by atoms with Gasteiger partial charge in [-0.3, -0.25) is 9.97 Å². The van der Waals surface area contributed by atoms with Crippen molar-refractivity contribution in [3.05, 3.63) is 90.8 Å². The number of methoxy groups -OCH3 is 2. The number of benzene rings is 3. The van der Waals surface area contributed by atoms with E-state index < -0.39 is 7.92 Å². The molecule has 1 radical (unpaired) electrons. The molecule has 0 bridgehead atoms. The predicted molar refractivity (Wildman–Crippen MR) is 198 cm³/mol. The summed E-state index contributed by atoms with van der Waals surface area (Å²) in [5.74, 6) is 1.97. The van der Waals surface area contributed by atoms with Crippen molar-refractivity contribution >= 4 is 35.0 Å². The van der Waals surface area contributed by atoms with Crippen LogP contribution in [0.5, 0.6) is 11.5 Å². The van der Waals surface area contributed by atoms with Crippen molar-refractivity contribution < 1.29 is 31.9 Å². The van der Waals surface area contributed by atoms with E-state index in [9.17, 15) is 0 Å². The quantitative estimate of drug-likeness (QED) is 0.0888. The van der Waals surface area contributed by atoms with E-state index in [1.165, 1.54) is 80.9 Å². The van der Waals surface area contributed by atoms with Crippen molar-refractivity contribution in [2.75, 3.05) is 14.2 Å². The van der Waals surface area contributed by atoms with Crippen molar-refractivity contribution in [3.8, 4) is 22.6 Å². The molecule has 0 saturated heterocycles. The smallest absolute Gasteiger partial charge is 0.133 e. The Bertz CT molecular complexity index is 1660. The Hall–Kier alpha value is -2.75. The minimum atomic E-state index is -0.685. The molecule has 0 aliphatic heterocycles. The Morgan fingerprint density at radius 3 is 1.77 bits per heavy atom. The van der Waals surface area contributed by atoms with Crippen molar-refractivity contribution in [1.29, 1.82) is 0 Å². The molecule has 2 heterocycles. The normalized spacial score (nSPS) is 15.6. The van der Waals surface area contributed by atoms with Crippen LogP contribution in [0.15, 0.2) is 85.2 Å². The minimum absolute atomic E-state index is 0. The summed E-state index contributed by atoms with van der Waals surface area (Å²) < 4.78 is 12.0. The Morgan fingerprint density at radius 1 is 0.660 bits per heavy atom. The van der Waals surface area contributed by atoms with Gasteiger partial charge in [0, 0.05) is 59.0 Å². The molecule has 7 rings (SSSR count). The van der Waals surface area contributed by atoms with Crippen LogP contribution in [-0.4, -0.2) is 35.5 Å². The summed E-state index contributed by atoms with van der Waals surface area (Å²) in [6, 6.07) is 25.8. The molecule has 0 amide bonds. The van der Waals surface area contributed by atoms with Crippen LogP contribution in [0, 0.1) is 0 Å². The molecular weight excluding hydrogens is 780 g/mol. The van der Waals surface area contributed by atoms with E-state index in [0.29, 0.717) is 0 Å². The number of rotatable bonds is 8. The van der Waals surface area contributed by atoms with Crippen LogP contribution >= 0.6 is 7.92 Å². The van der Waals surface area contributed by atoms with Crippen molar-refractivity contribution in [2.45, 2.75) is 95.3 Å². The predicted octanol–water partition coefficient (Wildman–Crippen LogP) is 10.6. The van der Waals surface area contributed by atoms with E-state index in [1.807, 2.05) is 19.2 Å². The number of ether oxygens (including phenoxy) is 2. The molecular formula is C41H50AuN2O2P+. The number of aromatic nitrogens is 2. The number of nitrogens with zero attached hydrogens (tertiary/aromatic N) is 2. The van der Waals surface area contributed by atoms with E-state index in [0.717, 1.165) is 57.5 Å². The largest absolute Gasteiger partial charge is 0.496 e. The summed E-state index contributed by atoms with van der Waals surface area (Å²) in [4.78, 5) is 8.69. The summed E-state index contributed by atoms with van der Waals surface area (Å²) in [6.07, 6.45) is 20.0. The fraction of sp³-hybridized carbons (Fsp3) is 0.415. The molecule has 0 N–H and O–H groups in total. The van der Waals surface area contributed by atoms with Gasteiger partial charge in [0.15, 0.2) is 0 Å². The van der Waals surface area contributed by atoms with Gasteiger partial charge in [-0.25, -0.2) is 0 Å². The first kappa shape index (κ1) is 35.6. The Balaban J connectivity index is 0.000000240. The number of hydrogen-bond donors (Lipinski definition) is 0. The molecule has 5 aromatic rings. The average Bonchev–Trinajstić information content (AvgIpc) is 3.13. The molecule has 2 fully saturated rings. The third-order valence-corrected chi connectivity index (χ3v) is 14.1. The number of hydrogen-bond acceptors (Lipinski definition) is 4. The first-order valence-corrected chi connectivity index (χ1v) is 19.2. The van der Waals surface area contributed by atoms with Crippen LogP contribution < -0.4 is 14.8 Å². The SMILES string of the molecule is CCCc1ccc(OC)c(-c2ccccc2[PH+](C2CCCCC2)C2CCCCC2)c1OC.[Au].c1cnc2c(c1)ccc1cccnc12. The molecule has 2 aromatic heterocycles. The zero-order valence-corrected chi connectivity index (χ0v) is 31.4. The van der Waals surface area contributed by atoms with Crippen LogP contribution in [-0.2, 0) is 28.8 Å². The molecule has 2 saturated carbocycles. The summed E-state index contributed by atoms with van der Waals surface area (Å²) in [5, 5.41) is 3.92. The first-order chi connectivity index (χ1) is 22.7. The van der Waals surface area contributed by atoms with Gasteiger partial charge in [-0.1, -0.05) is 74.7 Å². The maximum absolute atomic E-state index is 6.08. The molecule has 3 aromatic carbocycles. The summed E-state index contributed by atoms with van der Waals surface area (Å²) >= 11 is 0. The fourth-order valence-electron chi connectivity index (χ4n) is 7.97. The van der Waals surface area contributed by atoms with Gasteiger partial charge in [-0.05, 0) is 87.6 Å². The second kappa shape index (κ2) is 17.6. The van der Waals surface area contributed by atoms with Gasteiger partial charge in [0.25, 0.3) is 0 Å². The third-order valence-electron chi connectivity index (χ3n) is 10.1. The van der Waals surface area contributed by atoms with E-state index >= 15 is 0 Å². The molecule has 0 spiro atoms. The molecule has 2 aliphatic carbocycles.